The van der Waals surface area contributed by atoms with Gasteiger partial charge in [-0.1, -0.05) is 33.4 Å². The van der Waals surface area contributed by atoms with Gasteiger partial charge < -0.3 is 19.0 Å². The van der Waals surface area contributed by atoms with Gasteiger partial charge in [-0.2, -0.15) is 0 Å². The van der Waals surface area contributed by atoms with Crippen LogP contribution in [-0.2, 0) is 20.9 Å². The number of hydrogen-bond donors (Lipinski definition) is 1. The zero-order valence-electron chi connectivity index (χ0n) is 8.59. The summed E-state index contributed by atoms with van der Waals surface area (Å²) in [5.74, 6) is 1.86. The summed E-state index contributed by atoms with van der Waals surface area (Å²) in [6.07, 6.45) is 1.61. The van der Waals surface area contributed by atoms with Gasteiger partial charge in [0.05, 0.1) is 6.61 Å². The molecule has 0 aromatic carbocycles. The lowest BCUT2D eigenvalue weighted by Crippen LogP contribution is -2.07. The zero-order valence-corrected chi connectivity index (χ0v) is 11.9. The standard InChI is InChI=1S/C7H17O4PS3/c1-10-12(9,13)11-5-3-7-15-14-6-2-4-8/h8H,2-7H2,1H3,(H,9,13)/p-1. The number of hydrogen-bond acceptors (Lipinski definition) is 7. The summed E-state index contributed by atoms with van der Waals surface area (Å²) in [5.41, 5.74) is 0. The fourth-order valence-electron chi connectivity index (χ4n) is 0.588. The normalized spacial score (nSPS) is 15.1. The van der Waals surface area contributed by atoms with E-state index in [-0.39, 0.29) is 6.61 Å². The molecule has 0 saturated carbocycles. The maximum absolute atomic E-state index is 11.1. The molecular formula is C7H16O4PS3-. The van der Waals surface area contributed by atoms with E-state index in [0.29, 0.717) is 6.61 Å². The molecule has 92 valence electrons. The minimum absolute atomic E-state index is 0.240. The average molecular weight is 291 g/mol. The Labute approximate surface area is 104 Å². The van der Waals surface area contributed by atoms with E-state index < -0.39 is 6.72 Å². The molecular weight excluding hydrogens is 275 g/mol. The Morgan fingerprint density at radius 1 is 1.33 bits per heavy atom. The van der Waals surface area contributed by atoms with Crippen molar-refractivity contribution in [2.45, 2.75) is 12.8 Å². The maximum Gasteiger partial charge on any atom is 0.115 e. The Kier molecular flexibility index (Phi) is 11.2. The monoisotopic (exact) mass is 291 g/mol. The third-order valence-electron chi connectivity index (χ3n) is 1.31. The van der Waals surface area contributed by atoms with Crippen molar-refractivity contribution in [3.8, 4) is 0 Å². The molecule has 0 aliphatic carbocycles. The molecule has 1 N–H and O–H groups in total. The smallest absolute Gasteiger partial charge is 0.115 e. The van der Waals surface area contributed by atoms with Crippen molar-refractivity contribution in [3.63, 3.8) is 0 Å². The van der Waals surface area contributed by atoms with Crippen molar-refractivity contribution < 1.29 is 19.0 Å². The van der Waals surface area contributed by atoms with Gasteiger partial charge in [-0.25, -0.2) is 0 Å². The molecule has 1 unspecified atom stereocenters. The third kappa shape index (κ3) is 11.5. The second-order valence-corrected chi connectivity index (χ2v) is 8.10. The van der Waals surface area contributed by atoms with E-state index in [2.05, 4.69) is 16.3 Å². The first kappa shape index (κ1) is 16.2. The van der Waals surface area contributed by atoms with Gasteiger partial charge in [0.2, 0.25) is 0 Å². The molecule has 0 aliphatic heterocycles. The highest BCUT2D eigenvalue weighted by Crippen LogP contribution is 2.37. The van der Waals surface area contributed by atoms with E-state index >= 15 is 0 Å². The van der Waals surface area contributed by atoms with Crippen LogP contribution in [0.4, 0.5) is 0 Å². The van der Waals surface area contributed by atoms with Crippen LogP contribution in [0.25, 0.3) is 0 Å². The predicted molar refractivity (Wildman–Crippen MR) is 68.5 cm³/mol. The van der Waals surface area contributed by atoms with Crippen LogP contribution < -0.4 is 4.89 Å². The molecule has 15 heavy (non-hydrogen) atoms. The second kappa shape index (κ2) is 10.4. The van der Waals surface area contributed by atoms with Crippen LogP contribution in [0.1, 0.15) is 12.8 Å². The fraction of sp³-hybridized carbons (Fsp3) is 1.00. The van der Waals surface area contributed by atoms with E-state index in [9.17, 15) is 4.89 Å². The third-order valence-corrected chi connectivity index (χ3v) is 5.60. The van der Waals surface area contributed by atoms with Gasteiger partial charge in [-0.15, -0.1) is 0 Å². The molecule has 0 bridgehead atoms. The number of aliphatic hydroxyl groups is 1. The summed E-state index contributed by atoms with van der Waals surface area (Å²) in [4.78, 5) is 11.1. The first-order chi connectivity index (χ1) is 7.12. The lowest BCUT2D eigenvalue weighted by Gasteiger charge is -2.24. The van der Waals surface area contributed by atoms with Crippen molar-refractivity contribution in [3.05, 3.63) is 0 Å². The van der Waals surface area contributed by atoms with Gasteiger partial charge in [0.1, 0.15) is 6.72 Å². The lowest BCUT2D eigenvalue weighted by atomic mass is 10.5. The van der Waals surface area contributed by atoms with Crippen LogP contribution in [0.3, 0.4) is 0 Å². The van der Waals surface area contributed by atoms with E-state index in [1.54, 1.807) is 21.6 Å². The topological polar surface area (TPSA) is 61.8 Å². The molecule has 0 fully saturated rings. The summed E-state index contributed by atoms with van der Waals surface area (Å²) in [6, 6.07) is 0. The Morgan fingerprint density at radius 3 is 2.47 bits per heavy atom. The fourth-order valence-corrected chi connectivity index (χ4v) is 3.40. The maximum atomic E-state index is 11.1. The van der Waals surface area contributed by atoms with Crippen molar-refractivity contribution in [2.24, 2.45) is 0 Å². The lowest BCUT2D eigenvalue weighted by molar-refractivity contribution is -0.204. The average Bonchev–Trinajstić information content (AvgIpc) is 2.22. The molecule has 0 aromatic heterocycles. The molecule has 1 atom stereocenters. The molecule has 0 spiro atoms. The minimum Gasteiger partial charge on any atom is -0.780 e. The molecule has 0 aliphatic rings. The van der Waals surface area contributed by atoms with Crippen LogP contribution in [0.15, 0.2) is 0 Å². The molecule has 0 rings (SSSR count). The quantitative estimate of drug-likeness (QED) is 0.371. The highest BCUT2D eigenvalue weighted by molar-refractivity contribution is 8.76. The van der Waals surface area contributed by atoms with Gasteiger partial charge in [0.25, 0.3) is 0 Å². The largest absolute Gasteiger partial charge is 0.780 e. The van der Waals surface area contributed by atoms with Crippen molar-refractivity contribution in [1.82, 2.24) is 0 Å². The van der Waals surface area contributed by atoms with Crippen LogP contribution in [0, 0.1) is 0 Å². The molecule has 0 radical (unpaired) electrons. The number of rotatable bonds is 10. The molecule has 8 heteroatoms. The Bertz CT molecular complexity index is 193. The summed E-state index contributed by atoms with van der Waals surface area (Å²) in [5, 5.41) is 8.52. The Hall–Kier alpha value is 1.19. The second-order valence-electron chi connectivity index (χ2n) is 2.54. The van der Waals surface area contributed by atoms with Gasteiger partial charge in [-0.05, 0) is 12.8 Å². The molecule has 0 amide bonds. The predicted octanol–water partition coefficient (Wildman–Crippen LogP) is 1.39. The SMILES string of the molecule is COP([O-])(=S)OCCCSSCCCO. The molecule has 4 nitrogen and oxygen atoms in total. The first-order valence-corrected chi connectivity index (χ1v) is 9.53. The van der Waals surface area contributed by atoms with Gasteiger partial charge in [-0.3, -0.25) is 0 Å². The van der Waals surface area contributed by atoms with E-state index in [1.165, 1.54) is 7.11 Å². The van der Waals surface area contributed by atoms with E-state index in [0.717, 1.165) is 24.3 Å². The van der Waals surface area contributed by atoms with Crippen LogP contribution >= 0.6 is 28.3 Å². The van der Waals surface area contributed by atoms with Crippen LogP contribution in [0.2, 0.25) is 0 Å². The Balaban J connectivity index is 3.15. The van der Waals surface area contributed by atoms with Crippen LogP contribution in [-0.4, -0.2) is 36.9 Å². The Morgan fingerprint density at radius 2 is 1.93 bits per heavy atom. The first-order valence-electron chi connectivity index (χ1n) is 4.49. The summed E-state index contributed by atoms with van der Waals surface area (Å²) in [7, 11) is 4.71. The molecule has 0 saturated heterocycles. The van der Waals surface area contributed by atoms with Crippen molar-refractivity contribution >= 4 is 40.1 Å². The zero-order chi connectivity index (χ0) is 11.6. The van der Waals surface area contributed by atoms with E-state index in [1.807, 2.05) is 0 Å². The molecule has 0 heterocycles. The molecule has 0 aromatic rings. The number of aliphatic hydroxyl groups excluding tert-OH is 1. The van der Waals surface area contributed by atoms with Gasteiger partial charge in [0, 0.05) is 25.2 Å². The van der Waals surface area contributed by atoms with Gasteiger partial charge >= 0.3 is 0 Å². The van der Waals surface area contributed by atoms with Crippen molar-refractivity contribution in [1.29, 1.82) is 0 Å². The van der Waals surface area contributed by atoms with E-state index in [4.69, 9.17) is 9.63 Å². The minimum atomic E-state index is -3.21. The van der Waals surface area contributed by atoms with Gasteiger partial charge in [0.15, 0.2) is 0 Å². The highest BCUT2D eigenvalue weighted by Gasteiger charge is 1.99. The summed E-state index contributed by atoms with van der Waals surface area (Å²) in [6.45, 7) is -2.60. The van der Waals surface area contributed by atoms with Crippen molar-refractivity contribution in [2.75, 3.05) is 31.8 Å². The highest BCUT2D eigenvalue weighted by atomic mass is 33.1. The summed E-state index contributed by atoms with van der Waals surface area (Å²) < 4.78 is 9.40. The summed E-state index contributed by atoms with van der Waals surface area (Å²) >= 11 is 4.55. The van der Waals surface area contributed by atoms with Crippen LogP contribution in [0.5, 0.6) is 0 Å².